The fourth-order valence-electron chi connectivity index (χ4n) is 1.03. The van der Waals surface area contributed by atoms with Gasteiger partial charge in [0.1, 0.15) is 6.10 Å². The van der Waals surface area contributed by atoms with Gasteiger partial charge in [0.25, 0.3) is 0 Å². The summed E-state index contributed by atoms with van der Waals surface area (Å²) in [5.74, 6) is -0.650. The summed E-state index contributed by atoms with van der Waals surface area (Å²) in [4.78, 5) is 10.5. The molecule has 0 saturated carbocycles. The van der Waals surface area contributed by atoms with Crippen LogP contribution < -0.4 is 0 Å². The molecule has 13 heavy (non-hydrogen) atoms. The van der Waals surface area contributed by atoms with Crippen LogP contribution in [0.2, 0.25) is 0 Å². The quantitative estimate of drug-likeness (QED) is 0.768. The summed E-state index contributed by atoms with van der Waals surface area (Å²) >= 11 is 0. The maximum Gasteiger partial charge on any atom is 0.358 e. The van der Waals surface area contributed by atoms with Gasteiger partial charge in [-0.25, -0.2) is 4.79 Å². The molecule has 0 fully saturated rings. The van der Waals surface area contributed by atoms with E-state index in [0.717, 1.165) is 0 Å². The van der Waals surface area contributed by atoms with Crippen molar-refractivity contribution in [3.8, 4) is 0 Å². The Bertz CT molecular complexity index is 290. The SMILES string of the molecule is CCC(OC)c1cc(C(=O)O)no1. The molecule has 0 amide bonds. The zero-order chi connectivity index (χ0) is 9.84. The number of carboxylic acid groups (broad SMARTS) is 1. The third-order valence-electron chi connectivity index (χ3n) is 1.72. The van der Waals surface area contributed by atoms with Crippen molar-refractivity contribution in [2.24, 2.45) is 0 Å². The number of ether oxygens (including phenoxy) is 1. The Morgan fingerprint density at radius 3 is 2.92 bits per heavy atom. The minimum Gasteiger partial charge on any atom is -0.476 e. The van der Waals surface area contributed by atoms with Crippen molar-refractivity contribution in [2.45, 2.75) is 19.4 Å². The average molecular weight is 185 g/mol. The lowest BCUT2D eigenvalue weighted by molar-refractivity contribution is 0.0677. The number of methoxy groups -OCH3 is 1. The number of hydrogen-bond donors (Lipinski definition) is 1. The van der Waals surface area contributed by atoms with E-state index in [1.807, 2.05) is 6.92 Å². The van der Waals surface area contributed by atoms with Crippen molar-refractivity contribution in [3.05, 3.63) is 17.5 Å². The van der Waals surface area contributed by atoms with Crippen molar-refractivity contribution in [1.82, 2.24) is 5.16 Å². The second-order valence-electron chi connectivity index (χ2n) is 2.55. The Morgan fingerprint density at radius 2 is 2.54 bits per heavy atom. The van der Waals surface area contributed by atoms with Gasteiger partial charge in [0, 0.05) is 13.2 Å². The largest absolute Gasteiger partial charge is 0.476 e. The lowest BCUT2D eigenvalue weighted by Gasteiger charge is -2.06. The second-order valence-corrected chi connectivity index (χ2v) is 2.55. The first-order chi connectivity index (χ1) is 6.19. The maximum absolute atomic E-state index is 10.5. The number of aromatic carboxylic acids is 1. The Balaban J connectivity index is 2.84. The average Bonchev–Trinajstić information content (AvgIpc) is 2.56. The predicted molar refractivity (Wildman–Crippen MR) is 43.5 cm³/mol. The number of aromatic nitrogens is 1. The van der Waals surface area contributed by atoms with E-state index in [1.54, 1.807) is 0 Å². The standard InChI is InChI=1S/C8H11NO4/c1-3-6(12-2)7-4-5(8(10)11)9-13-7/h4,6H,3H2,1-2H3,(H,10,11). The normalized spacial score (nSPS) is 12.8. The van der Waals surface area contributed by atoms with Crippen LogP contribution in [0.1, 0.15) is 35.7 Å². The number of carboxylic acids is 1. The predicted octanol–water partition coefficient (Wildman–Crippen LogP) is 1.47. The minimum atomic E-state index is -1.10. The molecule has 0 saturated heterocycles. The fraction of sp³-hybridized carbons (Fsp3) is 0.500. The summed E-state index contributed by atoms with van der Waals surface area (Å²) < 4.78 is 9.87. The van der Waals surface area contributed by atoms with Gasteiger partial charge in [-0.05, 0) is 6.42 Å². The molecule has 1 rings (SSSR count). The molecule has 1 N–H and O–H groups in total. The zero-order valence-corrected chi connectivity index (χ0v) is 7.48. The third-order valence-corrected chi connectivity index (χ3v) is 1.72. The minimum absolute atomic E-state index is 0.0921. The molecule has 5 nitrogen and oxygen atoms in total. The Labute approximate surface area is 75.3 Å². The highest BCUT2D eigenvalue weighted by molar-refractivity contribution is 5.85. The summed E-state index contributed by atoms with van der Waals surface area (Å²) in [5, 5.41) is 11.9. The van der Waals surface area contributed by atoms with Gasteiger partial charge in [-0.15, -0.1) is 0 Å². The van der Waals surface area contributed by atoms with Crippen LogP contribution in [0.4, 0.5) is 0 Å². The van der Waals surface area contributed by atoms with Crippen molar-refractivity contribution >= 4 is 5.97 Å². The number of carbonyl (C=O) groups is 1. The van der Waals surface area contributed by atoms with Crippen LogP contribution in [0.25, 0.3) is 0 Å². The first kappa shape index (κ1) is 9.73. The van der Waals surface area contributed by atoms with Crippen LogP contribution in [0, 0.1) is 0 Å². The van der Waals surface area contributed by atoms with E-state index < -0.39 is 5.97 Å². The van der Waals surface area contributed by atoms with Crippen molar-refractivity contribution < 1.29 is 19.2 Å². The highest BCUT2D eigenvalue weighted by Gasteiger charge is 2.17. The molecule has 0 aliphatic heterocycles. The number of hydrogen-bond acceptors (Lipinski definition) is 4. The van der Waals surface area contributed by atoms with Crippen LogP contribution in [0.5, 0.6) is 0 Å². The molecule has 0 radical (unpaired) electrons. The van der Waals surface area contributed by atoms with Crippen molar-refractivity contribution in [2.75, 3.05) is 7.11 Å². The van der Waals surface area contributed by atoms with E-state index in [-0.39, 0.29) is 11.8 Å². The Morgan fingerprint density at radius 1 is 1.85 bits per heavy atom. The number of nitrogens with zero attached hydrogens (tertiary/aromatic N) is 1. The molecular weight excluding hydrogens is 174 g/mol. The molecule has 5 heteroatoms. The van der Waals surface area contributed by atoms with Gasteiger partial charge in [0.05, 0.1) is 0 Å². The topological polar surface area (TPSA) is 72.6 Å². The van der Waals surface area contributed by atoms with Gasteiger partial charge >= 0.3 is 5.97 Å². The number of rotatable bonds is 4. The van der Waals surface area contributed by atoms with Crippen LogP contribution in [0.3, 0.4) is 0 Å². The summed E-state index contributed by atoms with van der Waals surface area (Å²) in [6.07, 6.45) is 0.491. The Kier molecular flexibility index (Phi) is 3.02. The Hall–Kier alpha value is -1.36. The fourth-order valence-corrected chi connectivity index (χ4v) is 1.03. The van der Waals surface area contributed by atoms with E-state index >= 15 is 0 Å². The summed E-state index contributed by atoms with van der Waals surface area (Å²) in [6, 6.07) is 1.38. The summed E-state index contributed by atoms with van der Waals surface area (Å²) in [6.45, 7) is 1.91. The van der Waals surface area contributed by atoms with Gasteiger partial charge in [-0.1, -0.05) is 12.1 Å². The molecular formula is C8H11NO4. The van der Waals surface area contributed by atoms with Gasteiger partial charge in [-0.3, -0.25) is 0 Å². The first-order valence-corrected chi connectivity index (χ1v) is 3.91. The highest BCUT2D eigenvalue weighted by atomic mass is 16.5. The van der Waals surface area contributed by atoms with E-state index in [9.17, 15) is 4.79 Å². The smallest absolute Gasteiger partial charge is 0.358 e. The van der Waals surface area contributed by atoms with Gasteiger partial charge in [-0.2, -0.15) is 0 Å². The molecule has 1 unspecified atom stereocenters. The third kappa shape index (κ3) is 2.06. The van der Waals surface area contributed by atoms with E-state index in [1.165, 1.54) is 13.2 Å². The maximum atomic E-state index is 10.5. The van der Waals surface area contributed by atoms with Crippen LogP contribution >= 0.6 is 0 Å². The van der Waals surface area contributed by atoms with E-state index in [0.29, 0.717) is 12.2 Å². The van der Waals surface area contributed by atoms with E-state index in [4.69, 9.17) is 14.4 Å². The van der Waals surface area contributed by atoms with Crippen LogP contribution in [-0.2, 0) is 4.74 Å². The first-order valence-electron chi connectivity index (χ1n) is 3.91. The van der Waals surface area contributed by atoms with Gasteiger partial charge in [0.2, 0.25) is 0 Å². The van der Waals surface area contributed by atoms with Crippen molar-refractivity contribution in [3.63, 3.8) is 0 Å². The molecule has 0 aliphatic carbocycles. The molecule has 0 bridgehead atoms. The van der Waals surface area contributed by atoms with Gasteiger partial charge in [0.15, 0.2) is 11.5 Å². The molecule has 1 atom stereocenters. The summed E-state index contributed by atoms with van der Waals surface area (Å²) in [7, 11) is 1.54. The van der Waals surface area contributed by atoms with E-state index in [2.05, 4.69) is 5.16 Å². The molecule has 0 spiro atoms. The molecule has 1 heterocycles. The van der Waals surface area contributed by atoms with Crippen LogP contribution in [0.15, 0.2) is 10.6 Å². The molecule has 1 aromatic heterocycles. The molecule has 0 aromatic carbocycles. The molecule has 72 valence electrons. The molecule has 0 aliphatic rings. The lowest BCUT2D eigenvalue weighted by Crippen LogP contribution is -1.98. The second kappa shape index (κ2) is 4.04. The van der Waals surface area contributed by atoms with Crippen LogP contribution in [-0.4, -0.2) is 23.3 Å². The monoisotopic (exact) mass is 185 g/mol. The highest BCUT2D eigenvalue weighted by Crippen LogP contribution is 2.20. The summed E-state index contributed by atoms with van der Waals surface area (Å²) in [5.41, 5.74) is -0.0921. The molecule has 1 aromatic rings. The van der Waals surface area contributed by atoms with Crippen molar-refractivity contribution in [1.29, 1.82) is 0 Å². The lowest BCUT2D eigenvalue weighted by atomic mass is 10.2. The zero-order valence-electron chi connectivity index (χ0n) is 7.48. The van der Waals surface area contributed by atoms with Gasteiger partial charge < -0.3 is 14.4 Å².